The number of rotatable bonds is 8. The summed E-state index contributed by atoms with van der Waals surface area (Å²) in [6, 6.07) is 9.36. The molecule has 4 unspecified atom stereocenters. The number of hydrogen-bond acceptors (Lipinski definition) is 5. The van der Waals surface area contributed by atoms with E-state index in [1.165, 1.54) is 12.1 Å². The zero-order chi connectivity index (χ0) is 28.4. The number of aromatic hydroxyl groups is 1. The molecule has 2 aromatic rings. The van der Waals surface area contributed by atoms with Crippen LogP contribution in [-0.4, -0.2) is 45.6 Å². The van der Waals surface area contributed by atoms with Crippen molar-refractivity contribution in [2.24, 2.45) is 11.8 Å². The van der Waals surface area contributed by atoms with Gasteiger partial charge in [-0.05, 0) is 75.3 Å². The van der Waals surface area contributed by atoms with Gasteiger partial charge in [-0.15, -0.1) is 0 Å². The number of hydrogen-bond donors (Lipinski definition) is 3. The van der Waals surface area contributed by atoms with Crippen molar-refractivity contribution in [3.05, 3.63) is 58.6 Å². The van der Waals surface area contributed by atoms with E-state index in [4.69, 9.17) is 16.3 Å². The van der Waals surface area contributed by atoms with E-state index < -0.39 is 29.7 Å². The normalized spacial score (nSPS) is 18.3. The number of anilines is 1. The van der Waals surface area contributed by atoms with Crippen LogP contribution >= 0.6 is 11.6 Å². The van der Waals surface area contributed by atoms with Crippen molar-refractivity contribution >= 4 is 35.2 Å². The zero-order valence-corrected chi connectivity index (χ0v) is 23.8. The molecule has 4 atom stereocenters. The van der Waals surface area contributed by atoms with Crippen LogP contribution in [0.25, 0.3) is 0 Å². The van der Waals surface area contributed by atoms with Crippen molar-refractivity contribution in [1.82, 2.24) is 10.2 Å². The third-order valence-corrected chi connectivity index (χ3v) is 6.80. The van der Waals surface area contributed by atoms with E-state index in [1.54, 1.807) is 49.9 Å². The largest absolute Gasteiger partial charge is 0.508 e. The van der Waals surface area contributed by atoms with Crippen LogP contribution in [0.2, 0.25) is 5.02 Å². The molecule has 0 aromatic heterocycles. The second-order valence-corrected chi connectivity index (χ2v) is 11.7. The summed E-state index contributed by atoms with van der Waals surface area (Å²) in [5.74, 6) is -0.897. The Bertz CT molecular complexity index is 1160. The number of carbonyl (C=O) groups excluding carboxylic acids is 3. The molecule has 3 N–H and O–H groups in total. The highest BCUT2D eigenvalue weighted by Crippen LogP contribution is 2.42. The van der Waals surface area contributed by atoms with E-state index >= 15 is 0 Å². The lowest BCUT2D eigenvalue weighted by Crippen LogP contribution is -2.55. The van der Waals surface area contributed by atoms with Gasteiger partial charge in [0.2, 0.25) is 5.91 Å². The average molecular weight is 544 g/mol. The maximum Gasteiger partial charge on any atom is 0.408 e. The number of carbonyl (C=O) groups is 3. The summed E-state index contributed by atoms with van der Waals surface area (Å²) in [6.07, 6.45) is 0.0152. The Hall–Kier alpha value is -3.26. The van der Waals surface area contributed by atoms with Crippen LogP contribution < -0.4 is 10.6 Å². The minimum atomic E-state index is -1.03. The van der Waals surface area contributed by atoms with Gasteiger partial charge in [-0.3, -0.25) is 9.59 Å². The predicted octanol–water partition coefficient (Wildman–Crippen LogP) is 5.82. The number of phenolic OH excluding ortho intramolecular Hbond substituents is 1. The molecule has 38 heavy (non-hydrogen) atoms. The van der Waals surface area contributed by atoms with Crippen LogP contribution in [0.5, 0.6) is 5.75 Å². The number of amides is 3. The van der Waals surface area contributed by atoms with Gasteiger partial charge in [0.1, 0.15) is 23.4 Å². The van der Waals surface area contributed by atoms with Crippen LogP contribution in [0.3, 0.4) is 0 Å². The van der Waals surface area contributed by atoms with E-state index in [2.05, 4.69) is 10.6 Å². The summed E-state index contributed by atoms with van der Waals surface area (Å²) in [6.45, 7) is 12.8. The standard InChI is InChI=1S/C29H38ClN3O5/c1-16(2)23(32-28(37)38-29(5,6)7)27(36)33(22-15-18(22)4)25(19-11-13-20(34)14-12-19)26(35)31-24-17(3)9-8-10-21(24)30/h8-14,16,18,22-23,25,34H,15H2,1-7H3,(H,31,35)(H,32,37). The summed E-state index contributed by atoms with van der Waals surface area (Å²) >= 11 is 6.40. The van der Waals surface area contributed by atoms with Crippen molar-refractivity contribution in [3.8, 4) is 5.75 Å². The second-order valence-electron chi connectivity index (χ2n) is 11.3. The molecule has 2 aromatic carbocycles. The van der Waals surface area contributed by atoms with Gasteiger partial charge in [0.25, 0.3) is 5.91 Å². The number of benzene rings is 2. The van der Waals surface area contributed by atoms with Crippen molar-refractivity contribution in [2.75, 3.05) is 5.32 Å². The number of aryl methyl sites for hydroxylation is 1. The summed E-state index contributed by atoms with van der Waals surface area (Å²) in [5, 5.41) is 15.9. The Labute approximate surface area is 229 Å². The third kappa shape index (κ3) is 7.19. The summed E-state index contributed by atoms with van der Waals surface area (Å²) in [5.41, 5.74) is 1.03. The molecular formula is C29H38ClN3O5. The molecule has 206 valence electrons. The molecule has 0 bridgehead atoms. The van der Waals surface area contributed by atoms with Crippen LogP contribution in [-0.2, 0) is 14.3 Å². The van der Waals surface area contributed by atoms with Gasteiger partial charge in [0.15, 0.2) is 0 Å². The van der Waals surface area contributed by atoms with E-state index in [-0.39, 0.29) is 29.5 Å². The van der Waals surface area contributed by atoms with Gasteiger partial charge in [-0.2, -0.15) is 0 Å². The molecule has 0 spiro atoms. The van der Waals surface area contributed by atoms with E-state index in [9.17, 15) is 19.5 Å². The maximum atomic E-state index is 14.2. The van der Waals surface area contributed by atoms with Gasteiger partial charge >= 0.3 is 6.09 Å². The van der Waals surface area contributed by atoms with E-state index in [1.807, 2.05) is 33.8 Å². The smallest absolute Gasteiger partial charge is 0.408 e. The fourth-order valence-electron chi connectivity index (χ4n) is 4.36. The third-order valence-electron chi connectivity index (χ3n) is 6.49. The molecule has 3 rings (SSSR count). The monoisotopic (exact) mass is 543 g/mol. The molecule has 9 heteroatoms. The summed E-state index contributed by atoms with van der Waals surface area (Å²) in [7, 11) is 0. The van der Waals surface area contributed by atoms with Gasteiger partial charge in [-0.1, -0.05) is 56.6 Å². The van der Waals surface area contributed by atoms with Gasteiger partial charge in [0.05, 0.1) is 10.7 Å². The molecule has 0 saturated heterocycles. The molecular weight excluding hydrogens is 506 g/mol. The Morgan fingerprint density at radius 3 is 2.21 bits per heavy atom. The Kier molecular flexibility index (Phi) is 8.97. The maximum absolute atomic E-state index is 14.2. The van der Waals surface area contributed by atoms with Crippen molar-refractivity contribution in [3.63, 3.8) is 0 Å². The lowest BCUT2D eigenvalue weighted by atomic mass is 9.98. The van der Waals surface area contributed by atoms with Gasteiger partial charge < -0.3 is 25.4 Å². The first-order valence-corrected chi connectivity index (χ1v) is 13.2. The predicted molar refractivity (Wildman–Crippen MR) is 148 cm³/mol. The van der Waals surface area contributed by atoms with Gasteiger partial charge in [-0.25, -0.2) is 4.79 Å². The molecule has 0 heterocycles. The number of phenols is 1. The molecule has 8 nitrogen and oxygen atoms in total. The van der Waals surface area contributed by atoms with E-state index in [0.29, 0.717) is 16.3 Å². The molecule has 3 amide bonds. The molecule has 1 aliphatic carbocycles. The summed E-state index contributed by atoms with van der Waals surface area (Å²) < 4.78 is 5.41. The molecule has 1 saturated carbocycles. The molecule has 1 fully saturated rings. The first kappa shape index (κ1) is 29.3. The average Bonchev–Trinajstić information content (AvgIpc) is 3.53. The number of nitrogens with zero attached hydrogens (tertiary/aromatic N) is 1. The van der Waals surface area contributed by atoms with Crippen LogP contribution in [0.15, 0.2) is 42.5 Å². The van der Waals surface area contributed by atoms with Crippen molar-refractivity contribution < 1.29 is 24.2 Å². The van der Waals surface area contributed by atoms with Crippen LogP contribution in [0.4, 0.5) is 10.5 Å². The first-order valence-electron chi connectivity index (χ1n) is 12.9. The zero-order valence-electron chi connectivity index (χ0n) is 23.0. The fraction of sp³-hybridized carbons (Fsp3) is 0.483. The molecule has 0 radical (unpaired) electrons. The number of para-hydroxylation sites is 1. The lowest BCUT2D eigenvalue weighted by molar-refractivity contribution is -0.142. The van der Waals surface area contributed by atoms with Crippen molar-refractivity contribution in [2.45, 2.75) is 78.6 Å². The second kappa shape index (κ2) is 11.6. The van der Waals surface area contributed by atoms with E-state index in [0.717, 1.165) is 12.0 Å². The first-order chi connectivity index (χ1) is 17.7. The van der Waals surface area contributed by atoms with Crippen LogP contribution in [0, 0.1) is 18.8 Å². The highest BCUT2D eigenvalue weighted by Gasteiger charge is 2.48. The number of ether oxygens (including phenoxy) is 1. The van der Waals surface area contributed by atoms with Gasteiger partial charge in [0, 0.05) is 6.04 Å². The topological polar surface area (TPSA) is 108 Å². The lowest BCUT2D eigenvalue weighted by Gasteiger charge is -2.36. The summed E-state index contributed by atoms with van der Waals surface area (Å²) in [4.78, 5) is 42.4. The SMILES string of the molecule is Cc1cccc(Cl)c1NC(=O)C(c1ccc(O)cc1)N(C(=O)C(NC(=O)OC(C)(C)C)C(C)C)C1CC1C. The minimum absolute atomic E-state index is 0.0409. The number of alkyl carbamates (subject to hydrolysis) is 1. The number of nitrogens with one attached hydrogen (secondary N) is 2. The number of halogens is 1. The molecule has 0 aliphatic heterocycles. The Morgan fingerprint density at radius 2 is 1.71 bits per heavy atom. The quantitative estimate of drug-likeness (QED) is 0.389. The highest BCUT2D eigenvalue weighted by molar-refractivity contribution is 6.34. The Balaban J connectivity index is 2.04. The Morgan fingerprint density at radius 1 is 1.11 bits per heavy atom. The minimum Gasteiger partial charge on any atom is -0.508 e. The van der Waals surface area contributed by atoms with Crippen molar-refractivity contribution in [1.29, 1.82) is 0 Å². The molecule has 1 aliphatic rings. The van der Waals surface area contributed by atoms with Crippen LogP contribution in [0.1, 0.15) is 65.1 Å². The highest BCUT2D eigenvalue weighted by atomic mass is 35.5. The fourth-order valence-corrected chi connectivity index (χ4v) is 4.63.